The number of hydrogen-bond donors (Lipinski definition) is 1. The van der Waals surface area contributed by atoms with Gasteiger partial charge in [-0.25, -0.2) is 0 Å². The van der Waals surface area contributed by atoms with Crippen molar-refractivity contribution in [2.45, 2.75) is 51.1 Å². The fourth-order valence-electron chi connectivity index (χ4n) is 5.86. The zero-order valence-electron chi connectivity index (χ0n) is 23.3. The molecule has 6 nitrogen and oxygen atoms in total. The molecule has 0 spiro atoms. The molecular formula is C34H32Cl2N2O4. The lowest BCUT2D eigenvalue weighted by atomic mass is 9.89. The Kier molecular flexibility index (Phi) is 8.29. The molecule has 0 radical (unpaired) electrons. The van der Waals surface area contributed by atoms with Crippen LogP contribution in [0.4, 0.5) is 0 Å². The number of nitrogens with two attached hydrogens (primary N) is 1. The quantitative estimate of drug-likeness (QED) is 0.227. The molecule has 0 fully saturated rings. The van der Waals surface area contributed by atoms with Gasteiger partial charge in [0.05, 0.1) is 16.1 Å². The maximum Gasteiger partial charge on any atom is 0.235 e. The number of primary amides is 1. The van der Waals surface area contributed by atoms with E-state index in [2.05, 4.69) is 30.0 Å². The summed E-state index contributed by atoms with van der Waals surface area (Å²) in [6, 6.07) is 27.3. The third-order valence-corrected chi connectivity index (χ3v) is 8.75. The van der Waals surface area contributed by atoms with Crippen LogP contribution in [-0.2, 0) is 24.4 Å². The van der Waals surface area contributed by atoms with E-state index in [9.17, 15) is 4.79 Å². The van der Waals surface area contributed by atoms with Crippen LogP contribution in [0.15, 0.2) is 84.9 Å². The second kappa shape index (κ2) is 12.3. The van der Waals surface area contributed by atoms with Gasteiger partial charge in [0.1, 0.15) is 19.0 Å². The Balaban J connectivity index is 1.21. The highest BCUT2D eigenvalue weighted by Crippen LogP contribution is 2.42. The first kappa shape index (κ1) is 28.4. The lowest BCUT2D eigenvalue weighted by Gasteiger charge is -2.41. The minimum absolute atomic E-state index is 0.0736. The van der Waals surface area contributed by atoms with E-state index in [-0.39, 0.29) is 18.1 Å². The molecule has 0 saturated heterocycles. The minimum Gasteiger partial charge on any atom is -0.489 e. The summed E-state index contributed by atoms with van der Waals surface area (Å²) in [5, 5.41) is 1.01. The van der Waals surface area contributed by atoms with Crippen molar-refractivity contribution in [3.05, 3.63) is 123 Å². The first-order valence-corrected chi connectivity index (χ1v) is 14.9. The number of fused-ring (bicyclic) bond motifs is 2. The number of hydrogen-bond acceptors (Lipinski definition) is 5. The summed E-state index contributed by atoms with van der Waals surface area (Å²) < 4.78 is 18.7. The van der Waals surface area contributed by atoms with Gasteiger partial charge in [-0.05, 0) is 77.1 Å². The monoisotopic (exact) mass is 602 g/mol. The number of nitrogens with zero attached hydrogens (tertiary/aromatic N) is 1. The molecule has 3 unspecified atom stereocenters. The van der Waals surface area contributed by atoms with Gasteiger partial charge >= 0.3 is 0 Å². The Labute approximate surface area is 255 Å². The molecule has 42 heavy (non-hydrogen) atoms. The molecule has 2 heterocycles. The fraction of sp³-hybridized carbons (Fsp3) is 0.265. The van der Waals surface area contributed by atoms with Crippen LogP contribution in [0.25, 0.3) is 0 Å². The van der Waals surface area contributed by atoms with Crippen LogP contribution in [0.2, 0.25) is 10.0 Å². The van der Waals surface area contributed by atoms with Crippen LogP contribution < -0.4 is 19.9 Å². The van der Waals surface area contributed by atoms with E-state index < -0.39 is 6.04 Å². The molecule has 1 amide bonds. The van der Waals surface area contributed by atoms with E-state index in [1.807, 2.05) is 54.6 Å². The Bertz CT molecular complexity index is 1600. The third-order valence-electron chi connectivity index (χ3n) is 8.01. The first-order chi connectivity index (χ1) is 20.4. The molecule has 2 aliphatic rings. The van der Waals surface area contributed by atoms with Crippen molar-refractivity contribution in [1.82, 2.24) is 4.90 Å². The van der Waals surface area contributed by atoms with Crippen molar-refractivity contribution >= 4 is 29.1 Å². The fourth-order valence-corrected chi connectivity index (χ4v) is 6.19. The summed E-state index contributed by atoms with van der Waals surface area (Å²) in [6.07, 6.45) is 1.10. The molecule has 216 valence electrons. The van der Waals surface area contributed by atoms with Crippen molar-refractivity contribution in [3.8, 4) is 17.2 Å². The van der Waals surface area contributed by atoms with E-state index in [1.54, 1.807) is 12.1 Å². The zero-order chi connectivity index (χ0) is 29.2. The van der Waals surface area contributed by atoms with Crippen LogP contribution in [0.1, 0.15) is 53.3 Å². The van der Waals surface area contributed by atoms with Gasteiger partial charge in [0.2, 0.25) is 5.91 Å². The number of amides is 1. The summed E-state index contributed by atoms with van der Waals surface area (Å²) in [6.45, 7) is 3.46. The second-order valence-electron chi connectivity index (χ2n) is 10.7. The number of rotatable bonds is 8. The molecule has 0 aromatic heterocycles. The summed E-state index contributed by atoms with van der Waals surface area (Å²) in [4.78, 5) is 14.8. The first-order valence-electron chi connectivity index (χ1n) is 14.1. The zero-order valence-corrected chi connectivity index (χ0v) is 24.8. The van der Waals surface area contributed by atoms with E-state index in [1.165, 1.54) is 5.56 Å². The second-order valence-corrected chi connectivity index (χ2v) is 11.5. The van der Waals surface area contributed by atoms with E-state index in [0.717, 1.165) is 34.4 Å². The third kappa shape index (κ3) is 5.93. The normalized spacial score (nSPS) is 18.6. The summed E-state index contributed by atoms with van der Waals surface area (Å²) in [5.74, 6) is 1.78. The van der Waals surface area contributed by atoms with Crippen molar-refractivity contribution in [2.24, 2.45) is 5.73 Å². The highest BCUT2D eigenvalue weighted by molar-refractivity contribution is 6.42. The van der Waals surface area contributed by atoms with Gasteiger partial charge in [0.25, 0.3) is 0 Å². The van der Waals surface area contributed by atoms with Gasteiger partial charge in [-0.2, -0.15) is 0 Å². The van der Waals surface area contributed by atoms with E-state index >= 15 is 0 Å². The van der Waals surface area contributed by atoms with E-state index in [0.29, 0.717) is 47.7 Å². The highest BCUT2D eigenvalue weighted by atomic mass is 35.5. The smallest absolute Gasteiger partial charge is 0.235 e. The molecule has 2 aliphatic heterocycles. The Morgan fingerprint density at radius 2 is 1.79 bits per heavy atom. The standard InChI is InChI=1S/C34H32Cl2N2O4/c1-2-29(22-7-4-3-5-8-22)38-18-25-17-32-31(16-24(25)15-30(38)34(37)39)41-20-33(42-32)23-9-6-10-26(14-23)40-19-21-11-12-27(35)28(36)13-21/h3-14,16-17,29-30,33H,2,15,18-20H2,1H3,(H2,37,39). The van der Waals surface area contributed by atoms with Crippen LogP contribution in [0.3, 0.4) is 0 Å². The molecule has 8 heteroatoms. The SMILES string of the molecule is CCC(c1ccccc1)N1Cc2cc3c(cc2CC1C(N)=O)OCC(c1cccc(OCc2ccc(Cl)c(Cl)c2)c1)O3. The highest BCUT2D eigenvalue weighted by Gasteiger charge is 2.36. The maximum atomic E-state index is 12.6. The van der Waals surface area contributed by atoms with Gasteiger partial charge in [-0.15, -0.1) is 0 Å². The molecule has 4 aromatic rings. The molecular weight excluding hydrogens is 571 g/mol. The average molecular weight is 604 g/mol. The number of carbonyl (C=O) groups is 1. The summed E-state index contributed by atoms with van der Waals surface area (Å²) >= 11 is 12.2. The lowest BCUT2D eigenvalue weighted by Crippen LogP contribution is -2.49. The predicted molar refractivity (Wildman–Crippen MR) is 164 cm³/mol. The lowest BCUT2D eigenvalue weighted by molar-refractivity contribution is -0.125. The van der Waals surface area contributed by atoms with Crippen molar-refractivity contribution < 1.29 is 19.0 Å². The molecule has 0 saturated carbocycles. The topological polar surface area (TPSA) is 74.0 Å². The largest absolute Gasteiger partial charge is 0.489 e. The number of ether oxygens (including phenoxy) is 3. The molecule has 4 aromatic carbocycles. The molecule has 0 bridgehead atoms. The number of halogens is 2. The minimum atomic E-state index is -0.399. The van der Waals surface area contributed by atoms with Crippen molar-refractivity contribution in [1.29, 1.82) is 0 Å². The van der Waals surface area contributed by atoms with Gasteiger partial charge in [0.15, 0.2) is 17.6 Å². The van der Waals surface area contributed by atoms with Gasteiger partial charge < -0.3 is 19.9 Å². The van der Waals surface area contributed by atoms with Crippen molar-refractivity contribution in [3.63, 3.8) is 0 Å². The molecule has 0 aliphatic carbocycles. The molecule has 2 N–H and O–H groups in total. The van der Waals surface area contributed by atoms with Gasteiger partial charge in [0, 0.05) is 12.6 Å². The maximum absolute atomic E-state index is 12.6. The van der Waals surface area contributed by atoms with Gasteiger partial charge in [-0.1, -0.05) is 78.7 Å². The Morgan fingerprint density at radius 3 is 2.55 bits per heavy atom. The number of carbonyl (C=O) groups excluding carboxylic acids is 1. The van der Waals surface area contributed by atoms with E-state index in [4.69, 9.17) is 43.1 Å². The Morgan fingerprint density at radius 1 is 0.976 bits per heavy atom. The predicted octanol–water partition coefficient (Wildman–Crippen LogP) is 7.45. The number of benzene rings is 4. The Hall–Kier alpha value is -3.71. The van der Waals surface area contributed by atoms with Crippen LogP contribution in [0, 0.1) is 0 Å². The summed E-state index contributed by atoms with van der Waals surface area (Å²) in [7, 11) is 0. The average Bonchev–Trinajstić information content (AvgIpc) is 3.01. The summed E-state index contributed by atoms with van der Waals surface area (Å²) in [5.41, 5.74) is 11.2. The molecule has 6 rings (SSSR count). The van der Waals surface area contributed by atoms with Gasteiger partial charge in [-0.3, -0.25) is 9.69 Å². The molecule has 3 atom stereocenters. The van der Waals surface area contributed by atoms with Crippen LogP contribution in [0.5, 0.6) is 17.2 Å². The van der Waals surface area contributed by atoms with Crippen molar-refractivity contribution in [2.75, 3.05) is 6.61 Å². The van der Waals surface area contributed by atoms with Crippen LogP contribution >= 0.6 is 23.2 Å². The van der Waals surface area contributed by atoms with Crippen LogP contribution in [-0.4, -0.2) is 23.5 Å².